The van der Waals surface area contributed by atoms with Gasteiger partial charge in [-0.1, -0.05) is 45.4 Å². The van der Waals surface area contributed by atoms with Crippen LogP contribution in [0.15, 0.2) is 30.6 Å². The molecule has 0 spiro atoms. The minimum Gasteiger partial charge on any atom is -0.355 e. The molecular formula is C19H29N5. The van der Waals surface area contributed by atoms with Crippen molar-refractivity contribution < 1.29 is 0 Å². The Bertz CT molecular complexity index is 629. The van der Waals surface area contributed by atoms with Gasteiger partial charge in [0.05, 0.1) is 6.20 Å². The minimum absolute atomic E-state index is 0.0121. The third-order valence-corrected chi connectivity index (χ3v) is 5.09. The number of nitrogens with one attached hydrogen (secondary N) is 2. The van der Waals surface area contributed by atoms with Gasteiger partial charge in [-0.05, 0) is 19.8 Å². The summed E-state index contributed by atoms with van der Waals surface area (Å²) in [5, 5.41) is 6.73. The molecule has 0 amide bonds. The SMILES string of the molecule is C=C1Nc2cnc(NC/C=C\C)nc2N(C2CCCC2)CC1(C)C. The van der Waals surface area contributed by atoms with Gasteiger partial charge in [0, 0.05) is 30.2 Å². The molecule has 1 aliphatic heterocycles. The maximum absolute atomic E-state index is 4.84. The summed E-state index contributed by atoms with van der Waals surface area (Å²) < 4.78 is 0. The van der Waals surface area contributed by atoms with Crippen LogP contribution in [0.1, 0.15) is 46.5 Å². The number of hydrogen-bond acceptors (Lipinski definition) is 5. The Morgan fingerprint density at radius 3 is 2.88 bits per heavy atom. The average molecular weight is 327 g/mol. The predicted octanol–water partition coefficient (Wildman–Crippen LogP) is 4.18. The summed E-state index contributed by atoms with van der Waals surface area (Å²) in [4.78, 5) is 11.8. The number of nitrogens with zero attached hydrogens (tertiary/aromatic N) is 3. The molecule has 1 aliphatic carbocycles. The van der Waals surface area contributed by atoms with E-state index in [4.69, 9.17) is 4.98 Å². The van der Waals surface area contributed by atoms with Crippen molar-refractivity contribution in [1.29, 1.82) is 0 Å². The Morgan fingerprint density at radius 1 is 1.42 bits per heavy atom. The van der Waals surface area contributed by atoms with Gasteiger partial charge in [0.15, 0.2) is 5.82 Å². The highest BCUT2D eigenvalue weighted by atomic mass is 15.3. The van der Waals surface area contributed by atoms with E-state index in [1.54, 1.807) is 0 Å². The lowest BCUT2D eigenvalue weighted by Crippen LogP contribution is -2.40. The van der Waals surface area contributed by atoms with Crippen LogP contribution in [0.3, 0.4) is 0 Å². The van der Waals surface area contributed by atoms with Crippen molar-refractivity contribution in [2.45, 2.75) is 52.5 Å². The summed E-state index contributed by atoms with van der Waals surface area (Å²) in [7, 11) is 0. The van der Waals surface area contributed by atoms with Crippen LogP contribution in [-0.2, 0) is 0 Å². The molecule has 0 radical (unpaired) electrons. The Morgan fingerprint density at radius 2 is 2.17 bits per heavy atom. The fourth-order valence-corrected chi connectivity index (χ4v) is 3.48. The van der Waals surface area contributed by atoms with E-state index in [0.29, 0.717) is 12.0 Å². The van der Waals surface area contributed by atoms with E-state index in [2.05, 4.69) is 47.0 Å². The maximum atomic E-state index is 4.84. The highest BCUT2D eigenvalue weighted by Crippen LogP contribution is 2.40. The molecule has 0 bridgehead atoms. The molecule has 0 unspecified atom stereocenters. The molecular weight excluding hydrogens is 298 g/mol. The molecule has 0 saturated heterocycles. The van der Waals surface area contributed by atoms with E-state index in [0.717, 1.165) is 30.3 Å². The minimum atomic E-state index is -0.0121. The van der Waals surface area contributed by atoms with E-state index in [-0.39, 0.29) is 5.41 Å². The van der Waals surface area contributed by atoms with Crippen molar-refractivity contribution >= 4 is 17.5 Å². The molecule has 2 heterocycles. The van der Waals surface area contributed by atoms with Crippen LogP contribution in [0.5, 0.6) is 0 Å². The zero-order chi connectivity index (χ0) is 17.2. The monoisotopic (exact) mass is 327 g/mol. The van der Waals surface area contributed by atoms with Gasteiger partial charge in [0.2, 0.25) is 5.95 Å². The van der Waals surface area contributed by atoms with E-state index in [1.807, 2.05) is 19.2 Å². The molecule has 5 nitrogen and oxygen atoms in total. The third kappa shape index (κ3) is 3.40. The zero-order valence-electron chi connectivity index (χ0n) is 15.1. The summed E-state index contributed by atoms with van der Waals surface area (Å²) in [6, 6.07) is 0.564. The molecule has 0 atom stereocenters. The molecule has 2 N–H and O–H groups in total. The van der Waals surface area contributed by atoms with Crippen LogP contribution >= 0.6 is 0 Å². The molecule has 0 aromatic carbocycles. The Balaban J connectivity index is 1.95. The first-order valence-electron chi connectivity index (χ1n) is 8.96. The molecule has 1 saturated carbocycles. The van der Waals surface area contributed by atoms with Crippen LogP contribution in [0, 0.1) is 5.41 Å². The van der Waals surface area contributed by atoms with Gasteiger partial charge < -0.3 is 15.5 Å². The summed E-state index contributed by atoms with van der Waals surface area (Å²) in [5.74, 6) is 1.69. The predicted molar refractivity (Wildman–Crippen MR) is 101 cm³/mol. The maximum Gasteiger partial charge on any atom is 0.224 e. The summed E-state index contributed by atoms with van der Waals surface area (Å²) in [5.41, 5.74) is 1.98. The standard InChI is InChI=1S/C19H29N5/c1-5-6-11-20-18-21-12-16-17(23-18)24(15-9-7-8-10-15)13-19(3,4)14(2)22-16/h5-6,12,15,22H,2,7-11,13H2,1,3-4H3,(H,20,21,23)/b6-5-. The lowest BCUT2D eigenvalue weighted by atomic mass is 9.89. The summed E-state index contributed by atoms with van der Waals surface area (Å²) >= 11 is 0. The van der Waals surface area contributed by atoms with Crippen molar-refractivity contribution in [3.8, 4) is 0 Å². The van der Waals surface area contributed by atoms with Crippen molar-refractivity contribution in [2.75, 3.05) is 28.6 Å². The number of aromatic nitrogens is 2. The Kier molecular flexibility index (Phi) is 4.78. The second-order valence-corrected chi connectivity index (χ2v) is 7.43. The number of hydrogen-bond donors (Lipinski definition) is 2. The van der Waals surface area contributed by atoms with Gasteiger partial charge in [-0.15, -0.1) is 0 Å². The number of allylic oxidation sites excluding steroid dienone is 1. The van der Waals surface area contributed by atoms with Gasteiger partial charge in [-0.2, -0.15) is 4.98 Å². The van der Waals surface area contributed by atoms with Crippen molar-refractivity contribution in [2.24, 2.45) is 5.41 Å². The van der Waals surface area contributed by atoms with Crippen molar-refractivity contribution in [1.82, 2.24) is 9.97 Å². The molecule has 1 aromatic rings. The largest absolute Gasteiger partial charge is 0.355 e. The topological polar surface area (TPSA) is 53.1 Å². The molecule has 1 fully saturated rings. The van der Waals surface area contributed by atoms with E-state index < -0.39 is 0 Å². The first-order chi connectivity index (χ1) is 11.5. The molecule has 5 heteroatoms. The second-order valence-electron chi connectivity index (χ2n) is 7.43. The fourth-order valence-electron chi connectivity index (χ4n) is 3.48. The molecule has 24 heavy (non-hydrogen) atoms. The lowest BCUT2D eigenvalue weighted by molar-refractivity contribution is 0.423. The van der Waals surface area contributed by atoms with Crippen LogP contribution in [0.25, 0.3) is 0 Å². The quantitative estimate of drug-likeness (QED) is 0.813. The van der Waals surface area contributed by atoms with Gasteiger partial charge >= 0.3 is 0 Å². The first-order valence-corrected chi connectivity index (χ1v) is 8.96. The van der Waals surface area contributed by atoms with Crippen LogP contribution in [0.2, 0.25) is 0 Å². The molecule has 3 rings (SSSR count). The van der Waals surface area contributed by atoms with E-state index in [1.165, 1.54) is 25.7 Å². The summed E-state index contributed by atoms with van der Waals surface area (Å²) in [6.07, 6.45) is 11.1. The summed E-state index contributed by atoms with van der Waals surface area (Å²) in [6.45, 7) is 12.4. The zero-order valence-corrected chi connectivity index (χ0v) is 15.1. The smallest absolute Gasteiger partial charge is 0.224 e. The molecule has 2 aliphatic rings. The van der Waals surface area contributed by atoms with Gasteiger partial charge in [-0.3, -0.25) is 0 Å². The van der Waals surface area contributed by atoms with Gasteiger partial charge in [-0.25, -0.2) is 4.98 Å². The second kappa shape index (κ2) is 6.83. The highest BCUT2D eigenvalue weighted by Gasteiger charge is 2.35. The fraction of sp³-hybridized carbons (Fsp3) is 0.579. The molecule has 1 aromatic heterocycles. The van der Waals surface area contributed by atoms with Crippen molar-refractivity contribution in [3.05, 3.63) is 30.6 Å². The van der Waals surface area contributed by atoms with E-state index >= 15 is 0 Å². The number of rotatable bonds is 4. The van der Waals surface area contributed by atoms with Gasteiger partial charge in [0.25, 0.3) is 0 Å². The first kappa shape index (κ1) is 16.8. The Hall–Kier alpha value is -2.04. The van der Waals surface area contributed by atoms with E-state index in [9.17, 15) is 0 Å². The normalized spacial score (nSPS) is 20.8. The Labute approximate surface area is 145 Å². The average Bonchev–Trinajstić information content (AvgIpc) is 3.05. The molecule has 130 valence electrons. The number of anilines is 3. The van der Waals surface area contributed by atoms with Crippen LogP contribution in [0.4, 0.5) is 17.5 Å². The van der Waals surface area contributed by atoms with Gasteiger partial charge in [0.1, 0.15) is 5.69 Å². The lowest BCUT2D eigenvalue weighted by Gasteiger charge is -2.35. The highest BCUT2D eigenvalue weighted by molar-refractivity contribution is 5.70. The van der Waals surface area contributed by atoms with Crippen molar-refractivity contribution in [3.63, 3.8) is 0 Å². The number of fused-ring (bicyclic) bond motifs is 1. The van der Waals surface area contributed by atoms with Crippen LogP contribution in [-0.4, -0.2) is 29.1 Å². The van der Waals surface area contributed by atoms with Crippen LogP contribution < -0.4 is 15.5 Å². The third-order valence-electron chi connectivity index (χ3n) is 5.09.